The van der Waals surface area contributed by atoms with Gasteiger partial charge in [0.25, 0.3) is 0 Å². The minimum Gasteiger partial charge on any atom is -0.393 e. The van der Waals surface area contributed by atoms with Crippen LogP contribution in [0.1, 0.15) is 38.1 Å². The number of aromatic nitrogens is 6. The first-order chi connectivity index (χ1) is 16.4. The van der Waals surface area contributed by atoms with Crippen molar-refractivity contribution in [1.29, 1.82) is 0 Å². The van der Waals surface area contributed by atoms with Gasteiger partial charge in [0, 0.05) is 25.7 Å². The fraction of sp³-hybridized carbons (Fsp3) is 0.478. The van der Waals surface area contributed by atoms with Gasteiger partial charge in [-0.05, 0) is 44.2 Å². The smallest absolute Gasteiger partial charge is 0.330 e. The molecule has 1 aliphatic carbocycles. The highest BCUT2D eigenvalue weighted by molar-refractivity contribution is 5.86. The number of rotatable bonds is 3. The van der Waals surface area contributed by atoms with E-state index in [-0.39, 0.29) is 30.3 Å². The van der Waals surface area contributed by atoms with E-state index < -0.39 is 12.0 Å². The molecule has 0 radical (unpaired) electrons. The molecule has 0 bridgehead atoms. The lowest BCUT2D eigenvalue weighted by molar-refractivity contribution is 0.110. The fourth-order valence-corrected chi connectivity index (χ4v) is 5.26. The van der Waals surface area contributed by atoms with Gasteiger partial charge in [0.15, 0.2) is 11.5 Å². The molecule has 2 fully saturated rings. The molecule has 2 aliphatic rings. The van der Waals surface area contributed by atoms with Crippen LogP contribution in [-0.2, 0) is 7.05 Å². The summed E-state index contributed by atoms with van der Waals surface area (Å²) >= 11 is 0. The van der Waals surface area contributed by atoms with E-state index in [0.717, 1.165) is 0 Å². The number of aliphatic hydroxyl groups excluding tert-OH is 1. The van der Waals surface area contributed by atoms with Crippen molar-refractivity contribution in [3.8, 4) is 5.95 Å². The van der Waals surface area contributed by atoms with Crippen molar-refractivity contribution in [2.75, 3.05) is 18.0 Å². The highest BCUT2D eigenvalue weighted by Gasteiger charge is 2.31. The Morgan fingerprint density at radius 3 is 2.65 bits per heavy atom. The van der Waals surface area contributed by atoms with Gasteiger partial charge in [-0.25, -0.2) is 18.6 Å². The lowest BCUT2D eigenvalue weighted by Gasteiger charge is -2.26. The van der Waals surface area contributed by atoms with E-state index in [0.29, 0.717) is 66.7 Å². The van der Waals surface area contributed by atoms with Gasteiger partial charge >= 0.3 is 5.69 Å². The van der Waals surface area contributed by atoms with Gasteiger partial charge in [-0.15, -0.1) is 0 Å². The van der Waals surface area contributed by atoms with E-state index in [1.807, 2.05) is 4.90 Å². The maximum Gasteiger partial charge on any atom is 0.330 e. The summed E-state index contributed by atoms with van der Waals surface area (Å²) in [6.07, 6.45) is 3.11. The molecule has 11 heteroatoms. The van der Waals surface area contributed by atoms with Gasteiger partial charge in [-0.1, -0.05) is 0 Å². The van der Waals surface area contributed by atoms with Gasteiger partial charge < -0.3 is 10.0 Å². The van der Waals surface area contributed by atoms with E-state index in [9.17, 15) is 18.7 Å². The van der Waals surface area contributed by atoms with Crippen LogP contribution in [0, 0.1) is 5.82 Å². The third-order valence-electron chi connectivity index (χ3n) is 7.08. The minimum atomic E-state index is -0.976. The Balaban J connectivity index is 1.61. The van der Waals surface area contributed by atoms with Gasteiger partial charge in [-0.2, -0.15) is 9.97 Å². The first-order valence-electron chi connectivity index (χ1n) is 11.6. The van der Waals surface area contributed by atoms with Crippen molar-refractivity contribution in [2.24, 2.45) is 7.05 Å². The number of fused-ring (bicyclic) bond motifs is 2. The molecule has 0 spiro atoms. The van der Waals surface area contributed by atoms with Crippen molar-refractivity contribution in [1.82, 2.24) is 28.7 Å². The molecule has 34 heavy (non-hydrogen) atoms. The minimum absolute atomic E-state index is 0.111. The Hall–Kier alpha value is -3.34. The van der Waals surface area contributed by atoms with E-state index in [2.05, 4.69) is 4.98 Å². The van der Waals surface area contributed by atoms with Crippen molar-refractivity contribution >= 4 is 28.0 Å². The molecule has 1 saturated heterocycles. The molecule has 3 aromatic heterocycles. The molecule has 1 atom stereocenters. The number of imidazole rings is 2. The third-order valence-corrected chi connectivity index (χ3v) is 7.08. The molecule has 1 N–H and O–H groups in total. The summed E-state index contributed by atoms with van der Waals surface area (Å²) in [5, 5.41) is 9.96. The van der Waals surface area contributed by atoms with Crippen LogP contribution >= 0.6 is 0 Å². The summed E-state index contributed by atoms with van der Waals surface area (Å²) < 4.78 is 33.0. The monoisotopic (exact) mass is 469 g/mol. The standard InChI is InChI=1S/C23H25F2N7O2/c1-29-19-20(30-9-8-14(25)11-30)27-22(31-12-26-17-7-2-13(24)10-18(17)31)28-21(19)32(23(29)34)15-3-5-16(33)6-4-15/h2,7,10,12,14-16,33H,3-6,8-9,11H2,1H3/t14-,15?,16?/m0/s1. The Bertz CT molecular complexity index is 1450. The molecule has 0 amide bonds. The molecule has 178 valence electrons. The van der Waals surface area contributed by atoms with Crippen molar-refractivity contribution < 1.29 is 13.9 Å². The number of halogens is 2. The molecule has 9 nitrogen and oxygen atoms in total. The number of nitrogens with zero attached hydrogens (tertiary/aromatic N) is 7. The van der Waals surface area contributed by atoms with Gasteiger partial charge in [-0.3, -0.25) is 13.7 Å². The van der Waals surface area contributed by atoms with E-state index in [1.54, 1.807) is 22.2 Å². The average molecular weight is 469 g/mol. The zero-order valence-electron chi connectivity index (χ0n) is 18.7. The van der Waals surface area contributed by atoms with Crippen LogP contribution in [-0.4, -0.2) is 59.1 Å². The van der Waals surface area contributed by atoms with E-state index in [1.165, 1.54) is 23.0 Å². The second kappa shape index (κ2) is 7.86. The van der Waals surface area contributed by atoms with Crippen molar-refractivity contribution in [3.63, 3.8) is 0 Å². The highest BCUT2D eigenvalue weighted by atomic mass is 19.1. The summed E-state index contributed by atoms with van der Waals surface area (Å²) in [4.78, 5) is 29.1. The van der Waals surface area contributed by atoms with Crippen LogP contribution in [0.3, 0.4) is 0 Å². The molecular weight excluding hydrogens is 444 g/mol. The summed E-state index contributed by atoms with van der Waals surface area (Å²) in [5.41, 5.74) is 1.87. The summed E-state index contributed by atoms with van der Waals surface area (Å²) in [7, 11) is 1.68. The second-order valence-electron chi connectivity index (χ2n) is 9.27. The van der Waals surface area contributed by atoms with Crippen LogP contribution in [0.25, 0.3) is 28.1 Å². The van der Waals surface area contributed by atoms with Crippen LogP contribution in [0.4, 0.5) is 14.6 Å². The van der Waals surface area contributed by atoms with Gasteiger partial charge in [0.1, 0.15) is 23.8 Å². The summed E-state index contributed by atoms with van der Waals surface area (Å²) in [6.45, 7) is 0.654. The normalized spacial score (nSPS) is 23.4. The van der Waals surface area contributed by atoms with Gasteiger partial charge in [0.2, 0.25) is 5.95 Å². The molecule has 4 aromatic rings. The molecule has 0 unspecified atom stereocenters. The zero-order valence-corrected chi connectivity index (χ0v) is 18.7. The quantitative estimate of drug-likeness (QED) is 0.496. The maximum atomic E-state index is 14.2. The number of hydrogen-bond donors (Lipinski definition) is 1. The topological polar surface area (TPSA) is 94.0 Å². The predicted molar refractivity (Wildman–Crippen MR) is 123 cm³/mol. The molecule has 1 aliphatic heterocycles. The lowest BCUT2D eigenvalue weighted by atomic mass is 9.93. The Morgan fingerprint density at radius 1 is 1.12 bits per heavy atom. The van der Waals surface area contributed by atoms with E-state index >= 15 is 0 Å². The maximum absolute atomic E-state index is 14.2. The Morgan fingerprint density at radius 2 is 1.91 bits per heavy atom. The highest BCUT2D eigenvalue weighted by Crippen LogP contribution is 2.34. The molecule has 4 heterocycles. The van der Waals surface area contributed by atoms with Crippen LogP contribution < -0.4 is 10.6 Å². The van der Waals surface area contributed by atoms with Crippen molar-refractivity contribution in [3.05, 3.63) is 40.8 Å². The Kier molecular flexibility index (Phi) is 4.91. The average Bonchev–Trinajstić information content (AvgIpc) is 3.51. The zero-order chi connectivity index (χ0) is 23.6. The predicted octanol–water partition coefficient (Wildman–Crippen LogP) is 2.63. The third kappa shape index (κ3) is 3.29. The second-order valence-corrected chi connectivity index (χ2v) is 9.27. The summed E-state index contributed by atoms with van der Waals surface area (Å²) in [5.74, 6) is 0.313. The Labute approximate surface area is 193 Å². The fourth-order valence-electron chi connectivity index (χ4n) is 5.26. The number of benzene rings is 1. The SMILES string of the molecule is Cn1c(=O)n(C2CCC(O)CC2)c2nc(-n3cnc4ccc(F)cc43)nc(N3CC[C@H](F)C3)c21. The largest absolute Gasteiger partial charge is 0.393 e. The number of aliphatic hydroxyl groups is 1. The molecular formula is C23H25F2N7O2. The summed E-state index contributed by atoms with van der Waals surface area (Å²) in [6, 6.07) is 4.18. The first kappa shape index (κ1) is 21.2. The number of aryl methyl sites for hydroxylation is 1. The number of anilines is 1. The van der Waals surface area contributed by atoms with Crippen LogP contribution in [0.2, 0.25) is 0 Å². The van der Waals surface area contributed by atoms with Crippen LogP contribution in [0.5, 0.6) is 0 Å². The van der Waals surface area contributed by atoms with Crippen molar-refractivity contribution in [2.45, 2.75) is 50.4 Å². The molecule has 6 rings (SSSR count). The lowest BCUT2D eigenvalue weighted by Crippen LogP contribution is -2.30. The molecule has 1 saturated carbocycles. The van der Waals surface area contributed by atoms with Gasteiger partial charge in [0.05, 0.1) is 23.7 Å². The molecule has 1 aromatic carbocycles. The number of alkyl halides is 1. The van der Waals surface area contributed by atoms with E-state index in [4.69, 9.17) is 9.97 Å². The first-order valence-corrected chi connectivity index (χ1v) is 11.6. The number of hydrogen-bond acceptors (Lipinski definition) is 6. The van der Waals surface area contributed by atoms with Crippen LogP contribution in [0.15, 0.2) is 29.3 Å².